The van der Waals surface area contributed by atoms with Gasteiger partial charge in [-0.1, -0.05) is 0 Å². The van der Waals surface area contributed by atoms with Gasteiger partial charge in [0.1, 0.15) is 11.6 Å². The number of anilines is 2. The number of benzene rings is 1. The van der Waals surface area contributed by atoms with E-state index < -0.39 is 6.36 Å². The number of carbonyl (C=O) groups excluding carboxylic acids is 1. The molecule has 8 heteroatoms. The van der Waals surface area contributed by atoms with Gasteiger partial charge in [-0.2, -0.15) is 0 Å². The van der Waals surface area contributed by atoms with Gasteiger partial charge in [0.2, 0.25) is 0 Å². The largest absolute Gasteiger partial charge is 0.573 e. The highest BCUT2D eigenvalue weighted by atomic mass is 19.4. The van der Waals surface area contributed by atoms with Crippen LogP contribution in [-0.2, 0) is 0 Å². The smallest absolute Gasteiger partial charge is 0.406 e. The fraction of sp³-hybridized carbons (Fsp3) is 0.400. The lowest BCUT2D eigenvalue weighted by molar-refractivity contribution is -0.274. The van der Waals surface area contributed by atoms with Crippen LogP contribution in [0.15, 0.2) is 42.6 Å². The summed E-state index contributed by atoms with van der Waals surface area (Å²) in [6.07, 6.45) is -0.221. The molecule has 1 aromatic heterocycles. The van der Waals surface area contributed by atoms with Crippen LogP contribution in [0.5, 0.6) is 5.75 Å². The molecule has 2 saturated heterocycles. The molecule has 0 aliphatic carbocycles. The summed E-state index contributed by atoms with van der Waals surface area (Å²) in [5.74, 6) is 0.685. The zero-order valence-corrected chi connectivity index (χ0v) is 15.2. The molecule has 1 spiro atoms. The van der Waals surface area contributed by atoms with Crippen molar-refractivity contribution in [3.63, 3.8) is 0 Å². The van der Waals surface area contributed by atoms with Gasteiger partial charge in [0, 0.05) is 49.0 Å². The van der Waals surface area contributed by atoms with Crippen LogP contribution in [0, 0.1) is 5.41 Å². The highest BCUT2D eigenvalue weighted by Gasteiger charge is 2.45. The average Bonchev–Trinajstić information content (AvgIpc) is 2.66. The van der Waals surface area contributed by atoms with E-state index in [1.165, 1.54) is 12.1 Å². The predicted octanol–water partition coefficient (Wildman–Crippen LogP) is 3.90. The summed E-state index contributed by atoms with van der Waals surface area (Å²) in [7, 11) is 0. The normalized spacial score (nSPS) is 18.7. The number of halogens is 3. The first-order valence-electron chi connectivity index (χ1n) is 9.13. The molecule has 2 fully saturated rings. The third-order valence-corrected chi connectivity index (χ3v) is 5.54. The van der Waals surface area contributed by atoms with E-state index in [0.29, 0.717) is 5.56 Å². The zero-order valence-electron chi connectivity index (χ0n) is 15.2. The molecule has 1 aromatic carbocycles. The van der Waals surface area contributed by atoms with Gasteiger partial charge in [-0.25, -0.2) is 4.98 Å². The number of alkyl halides is 3. The van der Waals surface area contributed by atoms with Gasteiger partial charge in [-0.05, 0) is 49.2 Å². The SMILES string of the molecule is O=Cc1ccc(N2CCC3(CC2)CN(c2ccc(OC(F)(F)F)cc2)C3)nc1. The van der Waals surface area contributed by atoms with Crippen LogP contribution in [0.2, 0.25) is 0 Å². The first kappa shape index (κ1) is 18.6. The van der Waals surface area contributed by atoms with Crippen LogP contribution in [-0.4, -0.2) is 43.8 Å². The van der Waals surface area contributed by atoms with E-state index in [9.17, 15) is 18.0 Å². The van der Waals surface area contributed by atoms with Crippen LogP contribution in [0.25, 0.3) is 0 Å². The van der Waals surface area contributed by atoms with Gasteiger partial charge >= 0.3 is 6.36 Å². The molecular formula is C20H20F3N3O2. The fourth-order valence-corrected chi connectivity index (χ4v) is 3.99. The highest BCUT2D eigenvalue weighted by Crippen LogP contribution is 2.43. The first-order chi connectivity index (χ1) is 13.4. The molecular weight excluding hydrogens is 371 g/mol. The van der Waals surface area contributed by atoms with E-state index in [1.807, 2.05) is 6.07 Å². The van der Waals surface area contributed by atoms with E-state index in [2.05, 4.69) is 19.5 Å². The van der Waals surface area contributed by atoms with E-state index in [0.717, 1.165) is 56.8 Å². The van der Waals surface area contributed by atoms with Gasteiger partial charge in [0.05, 0.1) is 0 Å². The Balaban J connectivity index is 1.31. The molecule has 0 radical (unpaired) electrons. The minimum absolute atomic E-state index is 0.201. The maximum atomic E-state index is 12.3. The van der Waals surface area contributed by atoms with Crippen LogP contribution in [0.4, 0.5) is 24.7 Å². The van der Waals surface area contributed by atoms with Crippen molar-refractivity contribution in [1.82, 2.24) is 4.98 Å². The molecule has 4 rings (SSSR count). The Kier molecular flexibility index (Phi) is 4.64. The van der Waals surface area contributed by atoms with Gasteiger partial charge in [0.15, 0.2) is 6.29 Å². The number of pyridine rings is 1. The Hall–Kier alpha value is -2.77. The standard InChI is InChI=1S/C20H20F3N3O2/c21-20(22,23)28-17-4-2-16(3-5-17)26-13-19(14-26)7-9-25(10-8-19)18-6-1-15(12-27)11-24-18/h1-6,11-12H,7-10,13-14H2. The molecule has 0 atom stereocenters. The van der Waals surface area contributed by atoms with Crippen molar-refractivity contribution < 1.29 is 22.7 Å². The minimum atomic E-state index is -4.67. The fourth-order valence-electron chi connectivity index (χ4n) is 3.99. The van der Waals surface area contributed by atoms with Gasteiger partial charge in [0.25, 0.3) is 0 Å². The van der Waals surface area contributed by atoms with Crippen LogP contribution in [0.1, 0.15) is 23.2 Å². The quantitative estimate of drug-likeness (QED) is 0.740. The number of aldehydes is 1. The number of rotatable bonds is 4. The summed E-state index contributed by atoms with van der Waals surface area (Å²) in [5.41, 5.74) is 1.73. The molecule has 5 nitrogen and oxygen atoms in total. The van der Waals surface area contributed by atoms with Gasteiger partial charge < -0.3 is 14.5 Å². The van der Waals surface area contributed by atoms with E-state index >= 15 is 0 Å². The highest BCUT2D eigenvalue weighted by molar-refractivity contribution is 5.74. The number of carbonyl (C=O) groups is 1. The Morgan fingerprint density at radius 3 is 2.21 bits per heavy atom. The van der Waals surface area contributed by atoms with Crippen molar-refractivity contribution in [2.24, 2.45) is 5.41 Å². The molecule has 2 aliphatic heterocycles. The molecule has 0 bridgehead atoms. The minimum Gasteiger partial charge on any atom is -0.406 e. The maximum Gasteiger partial charge on any atom is 0.573 e. The third-order valence-electron chi connectivity index (χ3n) is 5.54. The van der Waals surface area contributed by atoms with Crippen molar-refractivity contribution in [3.05, 3.63) is 48.2 Å². The first-order valence-corrected chi connectivity index (χ1v) is 9.13. The summed E-state index contributed by atoms with van der Waals surface area (Å²) in [4.78, 5) is 19.5. The van der Waals surface area contributed by atoms with E-state index in [-0.39, 0.29) is 11.2 Å². The maximum absolute atomic E-state index is 12.3. The monoisotopic (exact) mass is 391 g/mol. The Morgan fingerprint density at radius 2 is 1.68 bits per heavy atom. The van der Waals surface area contributed by atoms with Crippen molar-refractivity contribution in [1.29, 1.82) is 0 Å². The molecule has 2 aliphatic rings. The molecule has 0 unspecified atom stereocenters. The summed E-state index contributed by atoms with van der Waals surface area (Å²) in [6.45, 7) is 3.61. The summed E-state index contributed by atoms with van der Waals surface area (Å²) in [5, 5.41) is 0. The topological polar surface area (TPSA) is 45.7 Å². The molecule has 148 valence electrons. The molecule has 2 aromatic rings. The number of hydrogen-bond acceptors (Lipinski definition) is 5. The molecule has 3 heterocycles. The predicted molar refractivity (Wildman–Crippen MR) is 98.8 cm³/mol. The Morgan fingerprint density at radius 1 is 1.00 bits per heavy atom. The second-order valence-electron chi connectivity index (χ2n) is 7.45. The molecule has 28 heavy (non-hydrogen) atoms. The average molecular weight is 391 g/mol. The lowest BCUT2D eigenvalue weighted by Crippen LogP contribution is -2.60. The van der Waals surface area contributed by atoms with Crippen LogP contribution in [0.3, 0.4) is 0 Å². The van der Waals surface area contributed by atoms with Crippen LogP contribution >= 0.6 is 0 Å². The molecule has 0 saturated carbocycles. The number of hydrogen-bond donors (Lipinski definition) is 0. The van der Waals surface area contributed by atoms with Crippen molar-refractivity contribution in [2.75, 3.05) is 36.0 Å². The van der Waals surface area contributed by atoms with E-state index in [4.69, 9.17) is 0 Å². The second-order valence-corrected chi connectivity index (χ2v) is 7.45. The Labute approximate surface area is 160 Å². The summed E-state index contributed by atoms with van der Waals surface area (Å²) >= 11 is 0. The lowest BCUT2D eigenvalue weighted by atomic mass is 9.71. The lowest BCUT2D eigenvalue weighted by Gasteiger charge is -2.55. The number of nitrogens with zero attached hydrogens (tertiary/aromatic N) is 3. The number of aromatic nitrogens is 1. The zero-order chi connectivity index (χ0) is 19.8. The summed E-state index contributed by atoms with van der Waals surface area (Å²) < 4.78 is 40.7. The summed E-state index contributed by atoms with van der Waals surface area (Å²) in [6, 6.07) is 9.69. The molecule has 0 N–H and O–H groups in total. The van der Waals surface area contributed by atoms with Crippen LogP contribution < -0.4 is 14.5 Å². The van der Waals surface area contributed by atoms with Gasteiger partial charge in [-0.3, -0.25) is 4.79 Å². The van der Waals surface area contributed by atoms with Crippen molar-refractivity contribution in [3.8, 4) is 5.75 Å². The van der Waals surface area contributed by atoms with Gasteiger partial charge in [-0.15, -0.1) is 13.2 Å². The number of piperidine rings is 1. The number of ether oxygens (including phenoxy) is 1. The molecule has 0 amide bonds. The third kappa shape index (κ3) is 3.90. The Bertz CT molecular complexity index is 821. The van der Waals surface area contributed by atoms with Crippen molar-refractivity contribution in [2.45, 2.75) is 19.2 Å². The van der Waals surface area contributed by atoms with Crippen molar-refractivity contribution >= 4 is 17.8 Å². The van der Waals surface area contributed by atoms with E-state index in [1.54, 1.807) is 24.4 Å². The second kappa shape index (κ2) is 7.00.